The van der Waals surface area contributed by atoms with Crippen molar-refractivity contribution in [1.82, 2.24) is 9.62 Å². The second-order valence-corrected chi connectivity index (χ2v) is 6.53. The lowest BCUT2D eigenvalue weighted by molar-refractivity contribution is -0.132. The van der Waals surface area contributed by atoms with Crippen molar-refractivity contribution < 1.29 is 18.3 Å². The normalized spacial score (nSPS) is 21.0. The standard InChI is InChI=1S/C11H22N2O4S/c1-18(16,17)12-10-5-4-7-13(9-10)11(15)6-2-3-8-14/h10,12,14H,2-9H2,1H3. The van der Waals surface area contributed by atoms with Crippen molar-refractivity contribution in [1.29, 1.82) is 0 Å². The lowest BCUT2D eigenvalue weighted by Crippen LogP contribution is -2.49. The molecule has 6 nitrogen and oxygen atoms in total. The zero-order valence-electron chi connectivity index (χ0n) is 10.8. The van der Waals surface area contributed by atoms with Crippen molar-refractivity contribution in [3.8, 4) is 0 Å². The molecule has 0 radical (unpaired) electrons. The summed E-state index contributed by atoms with van der Waals surface area (Å²) in [6, 6.07) is -0.171. The first-order chi connectivity index (χ1) is 8.42. The molecule has 1 amide bonds. The molecule has 1 atom stereocenters. The summed E-state index contributed by atoms with van der Waals surface area (Å²) < 4.78 is 24.8. The molecule has 1 heterocycles. The molecule has 106 valence electrons. The van der Waals surface area contributed by atoms with E-state index in [1.54, 1.807) is 4.90 Å². The minimum atomic E-state index is -3.21. The van der Waals surface area contributed by atoms with Crippen molar-refractivity contribution in [3.63, 3.8) is 0 Å². The van der Waals surface area contributed by atoms with Gasteiger partial charge in [-0.1, -0.05) is 0 Å². The van der Waals surface area contributed by atoms with Crippen molar-refractivity contribution in [2.75, 3.05) is 26.0 Å². The quantitative estimate of drug-likeness (QED) is 0.653. The smallest absolute Gasteiger partial charge is 0.222 e. The van der Waals surface area contributed by atoms with E-state index in [-0.39, 0.29) is 18.6 Å². The SMILES string of the molecule is CS(=O)(=O)NC1CCCN(C(=O)CCCCO)C1. The lowest BCUT2D eigenvalue weighted by atomic mass is 10.1. The van der Waals surface area contributed by atoms with Gasteiger partial charge >= 0.3 is 0 Å². The van der Waals surface area contributed by atoms with Crippen molar-refractivity contribution >= 4 is 15.9 Å². The molecule has 0 aromatic carbocycles. The Balaban J connectivity index is 2.40. The molecule has 0 aliphatic carbocycles. The van der Waals surface area contributed by atoms with E-state index in [1.807, 2.05) is 0 Å². The molecule has 2 N–H and O–H groups in total. The maximum atomic E-state index is 11.9. The van der Waals surface area contributed by atoms with Gasteiger partial charge in [-0.05, 0) is 25.7 Å². The number of rotatable bonds is 6. The Morgan fingerprint density at radius 1 is 1.44 bits per heavy atom. The highest BCUT2D eigenvalue weighted by molar-refractivity contribution is 7.88. The summed E-state index contributed by atoms with van der Waals surface area (Å²) in [6.45, 7) is 1.25. The van der Waals surface area contributed by atoms with Gasteiger partial charge in [-0.3, -0.25) is 4.79 Å². The van der Waals surface area contributed by atoms with Crippen LogP contribution in [-0.2, 0) is 14.8 Å². The third-order valence-corrected chi connectivity index (χ3v) is 3.72. The molecule has 1 unspecified atom stereocenters. The fourth-order valence-electron chi connectivity index (χ4n) is 2.15. The minimum absolute atomic E-state index is 0.0449. The summed E-state index contributed by atoms with van der Waals surface area (Å²) in [5, 5.41) is 8.66. The van der Waals surface area contributed by atoms with Crippen LogP contribution in [0, 0.1) is 0 Å². The molecule has 0 saturated carbocycles. The third kappa shape index (κ3) is 5.79. The monoisotopic (exact) mass is 278 g/mol. The van der Waals surface area contributed by atoms with Crippen LogP contribution in [0.1, 0.15) is 32.1 Å². The average molecular weight is 278 g/mol. The summed E-state index contributed by atoms with van der Waals surface area (Å²) in [4.78, 5) is 13.6. The average Bonchev–Trinajstić information content (AvgIpc) is 2.27. The van der Waals surface area contributed by atoms with E-state index in [0.717, 1.165) is 19.1 Å². The van der Waals surface area contributed by atoms with Crippen LogP contribution in [0.15, 0.2) is 0 Å². The Labute approximate surface area is 108 Å². The number of piperidine rings is 1. The maximum Gasteiger partial charge on any atom is 0.222 e. The van der Waals surface area contributed by atoms with Gasteiger partial charge in [0.2, 0.25) is 15.9 Å². The largest absolute Gasteiger partial charge is 0.396 e. The van der Waals surface area contributed by atoms with E-state index in [0.29, 0.717) is 32.4 Å². The first-order valence-electron chi connectivity index (χ1n) is 6.28. The van der Waals surface area contributed by atoms with Gasteiger partial charge < -0.3 is 10.0 Å². The van der Waals surface area contributed by atoms with Crippen LogP contribution in [0.4, 0.5) is 0 Å². The Morgan fingerprint density at radius 2 is 2.17 bits per heavy atom. The number of nitrogens with one attached hydrogen (secondary N) is 1. The number of hydrogen-bond donors (Lipinski definition) is 2. The molecule has 1 aliphatic heterocycles. The zero-order chi connectivity index (χ0) is 13.6. The van der Waals surface area contributed by atoms with Gasteiger partial charge in [0.25, 0.3) is 0 Å². The van der Waals surface area contributed by atoms with Gasteiger partial charge in [0.05, 0.1) is 6.26 Å². The first-order valence-corrected chi connectivity index (χ1v) is 8.17. The summed E-state index contributed by atoms with van der Waals surface area (Å²) in [7, 11) is -3.21. The van der Waals surface area contributed by atoms with Gasteiger partial charge in [0, 0.05) is 32.2 Å². The fourth-order valence-corrected chi connectivity index (χ4v) is 2.95. The van der Waals surface area contributed by atoms with Crippen LogP contribution in [0.5, 0.6) is 0 Å². The van der Waals surface area contributed by atoms with E-state index < -0.39 is 10.0 Å². The zero-order valence-corrected chi connectivity index (χ0v) is 11.6. The van der Waals surface area contributed by atoms with Crippen molar-refractivity contribution in [3.05, 3.63) is 0 Å². The molecule has 0 aromatic heterocycles. The number of amides is 1. The Hall–Kier alpha value is -0.660. The van der Waals surface area contributed by atoms with Crippen LogP contribution < -0.4 is 4.72 Å². The van der Waals surface area contributed by atoms with E-state index in [1.165, 1.54) is 0 Å². The fraction of sp³-hybridized carbons (Fsp3) is 0.909. The minimum Gasteiger partial charge on any atom is -0.396 e. The van der Waals surface area contributed by atoms with E-state index in [4.69, 9.17) is 5.11 Å². The highest BCUT2D eigenvalue weighted by Crippen LogP contribution is 2.13. The number of carbonyl (C=O) groups is 1. The number of likely N-dealkylation sites (tertiary alicyclic amines) is 1. The predicted molar refractivity (Wildman–Crippen MR) is 68.5 cm³/mol. The van der Waals surface area contributed by atoms with Crippen LogP contribution in [0.25, 0.3) is 0 Å². The number of carbonyl (C=O) groups excluding carboxylic acids is 1. The lowest BCUT2D eigenvalue weighted by Gasteiger charge is -2.32. The van der Waals surface area contributed by atoms with Crippen LogP contribution >= 0.6 is 0 Å². The molecule has 1 fully saturated rings. The maximum absolute atomic E-state index is 11.9. The number of aliphatic hydroxyl groups is 1. The Kier molecular flexibility index (Phi) is 6.04. The first kappa shape index (κ1) is 15.4. The number of hydrogen-bond acceptors (Lipinski definition) is 4. The molecule has 0 bridgehead atoms. The second kappa shape index (κ2) is 7.06. The molecular weight excluding hydrogens is 256 g/mol. The third-order valence-electron chi connectivity index (χ3n) is 2.95. The molecular formula is C11H22N2O4S. The molecule has 1 aliphatic rings. The number of unbranched alkanes of at least 4 members (excludes halogenated alkanes) is 1. The molecule has 0 spiro atoms. The summed E-state index contributed by atoms with van der Waals surface area (Å²) in [6.07, 6.45) is 4.45. The number of nitrogens with zero attached hydrogens (tertiary/aromatic N) is 1. The van der Waals surface area contributed by atoms with Crippen molar-refractivity contribution in [2.45, 2.75) is 38.1 Å². The van der Waals surface area contributed by atoms with Gasteiger partial charge in [-0.15, -0.1) is 0 Å². The van der Waals surface area contributed by atoms with E-state index in [2.05, 4.69) is 4.72 Å². The Bertz CT molecular complexity index is 369. The van der Waals surface area contributed by atoms with E-state index in [9.17, 15) is 13.2 Å². The van der Waals surface area contributed by atoms with Gasteiger partial charge in [-0.2, -0.15) is 0 Å². The Morgan fingerprint density at radius 3 is 2.78 bits per heavy atom. The van der Waals surface area contributed by atoms with Crippen LogP contribution in [0.3, 0.4) is 0 Å². The molecule has 18 heavy (non-hydrogen) atoms. The van der Waals surface area contributed by atoms with Gasteiger partial charge in [-0.25, -0.2) is 13.1 Å². The van der Waals surface area contributed by atoms with Crippen LogP contribution in [-0.4, -0.2) is 56.3 Å². The van der Waals surface area contributed by atoms with Crippen LogP contribution in [0.2, 0.25) is 0 Å². The van der Waals surface area contributed by atoms with E-state index >= 15 is 0 Å². The number of sulfonamides is 1. The summed E-state index contributed by atoms with van der Waals surface area (Å²) >= 11 is 0. The predicted octanol–water partition coefficient (Wildman–Crippen LogP) is -0.311. The molecule has 0 aromatic rings. The molecule has 1 saturated heterocycles. The summed E-state index contributed by atoms with van der Waals surface area (Å²) in [5.41, 5.74) is 0. The van der Waals surface area contributed by atoms with Gasteiger partial charge in [0.15, 0.2) is 0 Å². The van der Waals surface area contributed by atoms with Crippen molar-refractivity contribution in [2.24, 2.45) is 0 Å². The topological polar surface area (TPSA) is 86.7 Å². The number of aliphatic hydroxyl groups excluding tert-OH is 1. The molecule has 7 heteroatoms. The van der Waals surface area contributed by atoms with Gasteiger partial charge in [0.1, 0.15) is 0 Å². The second-order valence-electron chi connectivity index (χ2n) is 4.75. The summed E-state index contributed by atoms with van der Waals surface area (Å²) in [5.74, 6) is 0.0449. The highest BCUT2D eigenvalue weighted by atomic mass is 32.2. The molecule has 1 rings (SSSR count). The highest BCUT2D eigenvalue weighted by Gasteiger charge is 2.24.